The minimum Gasteiger partial charge on any atom is -0.311 e. The molecule has 0 amide bonds. The number of nitrogens with zero attached hydrogens (tertiary/aromatic N) is 3. The van der Waals surface area contributed by atoms with Gasteiger partial charge in [0.25, 0.3) is 0 Å². The summed E-state index contributed by atoms with van der Waals surface area (Å²) in [6.07, 6.45) is 3.00. The summed E-state index contributed by atoms with van der Waals surface area (Å²) in [5.74, 6) is 0. The van der Waals surface area contributed by atoms with E-state index in [1.807, 2.05) is 13.2 Å². The number of hydrogen-bond acceptors (Lipinski definition) is 4. The van der Waals surface area contributed by atoms with Crippen molar-refractivity contribution < 1.29 is 0 Å². The Hall–Kier alpha value is -1.20. The summed E-state index contributed by atoms with van der Waals surface area (Å²) < 4.78 is 1.72. The Bertz CT molecular complexity index is 393. The van der Waals surface area contributed by atoms with Gasteiger partial charge in [-0.1, -0.05) is 5.21 Å². The molecule has 0 radical (unpaired) electrons. The minimum absolute atomic E-state index is 0.790. The largest absolute Gasteiger partial charge is 0.311 e. The highest BCUT2D eigenvalue weighted by atomic mass is 32.1. The summed E-state index contributed by atoms with van der Waals surface area (Å²) in [6.45, 7) is 1.77. The quantitative estimate of drug-likeness (QED) is 0.773. The van der Waals surface area contributed by atoms with Crippen LogP contribution in [-0.4, -0.2) is 21.5 Å². The van der Waals surface area contributed by atoms with Crippen LogP contribution in [0.2, 0.25) is 0 Å². The van der Waals surface area contributed by atoms with E-state index in [0.717, 1.165) is 25.2 Å². The Morgan fingerprint density at radius 1 is 1.53 bits per heavy atom. The summed E-state index contributed by atoms with van der Waals surface area (Å²) in [6, 6.07) is 2.16. The summed E-state index contributed by atoms with van der Waals surface area (Å²) >= 11 is 1.74. The molecule has 0 aliphatic rings. The predicted molar refractivity (Wildman–Crippen MR) is 60.7 cm³/mol. The van der Waals surface area contributed by atoms with Gasteiger partial charge in [-0.25, -0.2) is 0 Å². The zero-order chi connectivity index (χ0) is 10.5. The number of hydrogen-bond donors (Lipinski definition) is 1. The molecule has 5 heteroatoms. The molecule has 0 spiro atoms. The maximum atomic E-state index is 4.00. The van der Waals surface area contributed by atoms with Crippen LogP contribution in [0, 0.1) is 0 Å². The van der Waals surface area contributed by atoms with E-state index < -0.39 is 0 Å². The van der Waals surface area contributed by atoms with Crippen LogP contribution < -0.4 is 5.32 Å². The van der Waals surface area contributed by atoms with Crippen LogP contribution in [0.15, 0.2) is 23.0 Å². The summed E-state index contributed by atoms with van der Waals surface area (Å²) in [4.78, 5) is 0. The molecule has 2 aromatic rings. The van der Waals surface area contributed by atoms with E-state index in [9.17, 15) is 0 Å². The van der Waals surface area contributed by atoms with Crippen molar-refractivity contribution in [1.82, 2.24) is 20.3 Å². The monoisotopic (exact) mass is 222 g/mol. The minimum atomic E-state index is 0.790. The molecular formula is C10H14N4S. The van der Waals surface area contributed by atoms with Gasteiger partial charge in [-0.05, 0) is 35.4 Å². The number of thiophene rings is 1. The van der Waals surface area contributed by atoms with E-state index in [1.54, 1.807) is 16.0 Å². The molecule has 4 nitrogen and oxygen atoms in total. The normalized spacial score (nSPS) is 10.7. The second-order valence-electron chi connectivity index (χ2n) is 3.44. The first kappa shape index (κ1) is 10.3. The van der Waals surface area contributed by atoms with Crippen LogP contribution in [0.3, 0.4) is 0 Å². The van der Waals surface area contributed by atoms with Crippen molar-refractivity contribution in [3.05, 3.63) is 34.3 Å². The topological polar surface area (TPSA) is 42.7 Å². The smallest absolute Gasteiger partial charge is 0.0964 e. The highest BCUT2D eigenvalue weighted by molar-refractivity contribution is 7.07. The van der Waals surface area contributed by atoms with Crippen molar-refractivity contribution in [3.8, 4) is 0 Å². The van der Waals surface area contributed by atoms with Crippen LogP contribution in [0.5, 0.6) is 0 Å². The SMILES string of the molecule is Cn1cc(CNCCc2ccsc2)nn1. The van der Waals surface area contributed by atoms with E-state index in [-0.39, 0.29) is 0 Å². The molecule has 0 atom stereocenters. The molecule has 0 fully saturated rings. The van der Waals surface area contributed by atoms with Gasteiger partial charge in [0.05, 0.1) is 5.69 Å². The lowest BCUT2D eigenvalue weighted by atomic mass is 10.2. The molecular weight excluding hydrogens is 208 g/mol. The molecule has 15 heavy (non-hydrogen) atoms. The summed E-state index contributed by atoms with van der Waals surface area (Å²) in [7, 11) is 1.88. The first-order chi connectivity index (χ1) is 7.34. The van der Waals surface area contributed by atoms with E-state index in [0.29, 0.717) is 0 Å². The standard InChI is InChI=1S/C10H14N4S/c1-14-7-10(12-13-14)6-11-4-2-9-3-5-15-8-9/h3,5,7-8,11H,2,4,6H2,1H3. The van der Waals surface area contributed by atoms with Crippen molar-refractivity contribution in [1.29, 1.82) is 0 Å². The summed E-state index contributed by atoms with van der Waals surface area (Å²) in [5.41, 5.74) is 2.38. The van der Waals surface area contributed by atoms with Crippen LogP contribution >= 0.6 is 11.3 Å². The van der Waals surface area contributed by atoms with Crippen molar-refractivity contribution in [2.45, 2.75) is 13.0 Å². The first-order valence-electron chi connectivity index (χ1n) is 4.91. The van der Waals surface area contributed by atoms with Crippen molar-refractivity contribution in [2.24, 2.45) is 7.05 Å². The molecule has 0 saturated carbocycles. The zero-order valence-electron chi connectivity index (χ0n) is 8.68. The number of aromatic nitrogens is 3. The van der Waals surface area contributed by atoms with Gasteiger partial charge in [0.15, 0.2) is 0 Å². The molecule has 0 aromatic carbocycles. The van der Waals surface area contributed by atoms with E-state index >= 15 is 0 Å². The molecule has 80 valence electrons. The fourth-order valence-corrected chi connectivity index (χ4v) is 2.06. The van der Waals surface area contributed by atoms with Crippen LogP contribution in [0.4, 0.5) is 0 Å². The van der Waals surface area contributed by atoms with Gasteiger partial charge in [-0.3, -0.25) is 4.68 Å². The molecule has 0 unspecified atom stereocenters. The second kappa shape index (κ2) is 5.04. The maximum absolute atomic E-state index is 4.00. The fraction of sp³-hybridized carbons (Fsp3) is 0.400. The van der Waals surface area contributed by atoms with Crippen molar-refractivity contribution in [2.75, 3.05) is 6.54 Å². The first-order valence-corrected chi connectivity index (χ1v) is 5.86. The van der Waals surface area contributed by atoms with Crippen molar-refractivity contribution >= 4 is 11.3 Å². The third-order valence-corrected chi connectivity index (χ3v) is 2.86. The van der Waals surface area contributed by atoms with Gasteiger partial charge >= 0.3 is 0 Å². The molecule has 0 aliphatic heterocycles. The van der Waals surface area contributed by atoms with E-state index in [1.165, 1.54) is 5.56 Å². The molecule has 2 aromatic heterocycles. The van der Waals surface area contributed by atoms with Crippen LogP contribution in [0.1, 0.15) is 11.3 Å². The van der Waals surface area contributed by atoms with Gasteiger partial charge in [-0.2, -0.15) is 11.3 Å². The molecule has 2 rings (SSSR count). The molecule has 0 saturated heterocycles. The molecule has 0 bridgehead atoms. The predicted octanol–water partition coefficient (Wildman–Crippen LogP) is 1.21. The van der Waals surface area contributed by atoms with Gasteiger partial charge in [0.2, 0.25) is 0 Å². The molecule has 2 heterocycles. The molecule has 1 N–H and O–H groups in total. The average Bonchev–Trinajstić information content (AvgIpc) is 2.84. The Labute approximate surface area is 92.9 Å². The number of aryl methyl sites for hydroxylation is 1. The fourth-order valence-electron chi connectivity index (χ4n) is 1.36. The van der Waals surface area contributed by atoms with Gasteiger partial charge < -0.3 is 5.32 Å². The van der Waals surface area contributed by atoms with Gasteiger partial charge in [-0.15, -0.1) is 5.10 Å². The van der Waals surface area contributed by atoms with Crippen molar-refractivity contribution in [3.63, 3.8) is 0 Å². The average molecular weight is 222 g/mol. The lowest BCUT2D eigenvalue weighted by Gasteiger charge is -2.00. The number of nitrogens with one attached hydrogen (secondary N) is 1. The summed E-state index contributed by atoms with van der Waals surface area (Å²) in [5, 5.41) is 15.5. The maximum Gasteiger partial charge on any atom is 0.0964 e. The van der Waals surface area contributed by atoms with Crippen LogP contribution in [0.25, 0.3) is 0 Å². The Kier molecular flexibility index (Phi) is 3.47. The van der Waals surface area contributed by atoms with Crippen LogP contribution in [-0.2, 0) is 20.0 Å². The lowest BCUT2D eigenvalue weighted by molar-refractivity contribution is 0.670. The zero-order valence-corrected chi connectivity index (χ0v) is 9.50. The number of rotatable bonds is 5. The Morgan fingerprint density at radius 3 is 3.13 bits per heavy atom. The van der Waals surface area contributed by atoms with E-state index in [2.05, 4.69) is 32.5 Å². The third-order valence-electron chi connectivity index (χ3n) is 2.13. The lowest BCUT2D eigenvalue weighted by Crippen LogP contribution is -2.16. The highest BCUT2D eigenvalue weighted by Gasteiger charge is 1.97. The Balaban J connectivity index is 1.67. The van der Waals surface area contributed by atoms with Gasteiger partial charge in [0.1, 0.15) is 0 Å². The second-order valence-corrected chi connectivity index (χ2v) is 4.22. The van der Waals surface area contributed by atoms with Gasteiger partial charge in [0, 0.05) is 19.8 Å². The van der Waals surface area contributed by atoms with E-state index in [4.69, 9.17) is 0 Å². The molecule has 0 aliphatic carbocycles. The Morgan fingerprint density at radius 2 is 2.47 bits per heavy atom. The third kappa shape index (κ3) is 3.14. The highest BCUT2D eigenvalue weighted by Crippen LogP contribution is 2.05.